The zero-order chi connectivity index (χ0) is 12.6. The van der Waals surface area contributed by atoms with E-state index in [-0.39, 0.29) is 6.04 Å². The molecule has 0 aliphatic rings. The molecule has 1 heterocycles. The Labute approximate surface area is 126 Å². The highest BCUT2D eigenvalue weighted by Crippen LogP contribution is 2.37. The van der Waals surface area contributed by atoms with Crippen LogP contribution in [0.4, 0.5) is 0 Å². The van der Waals surface area contributed by atoms with Crippen molar-refractivity contribution in [2.45, 2.75) is 13.0 Å². The summed E-state index contributed by atoms with van der Waals surface area (Å²) in [6, 6.07) is 7.61. The minimum absolute atomic E-state index is 0.201. The van der Waals surface area contributed by atoms with Crippen LogP contribution in [0.15, 0.2) is 33.2 Å². The minimum atomic E-state index is -0.201. The topological polar surface area (TPSA) is 26.0 Å². The number of hydrogen-bond donors (Lipinski definition) is 1. The summed E-state index contributed by atoms with van der Waals surface area (Å²) in [5.74, 6) is 0. The van der Waals surface area contributed by atoms with Gasteiger partial charge in [0.25, 0.3) is 0 Å². The lowest BCUT2D eigenvalue weighted by molar-refractivity contribution is 0.888. The van der Waals surface area contributed by atoms with Crippen molar-refractivity contribution in [2.75, 3.05) is 0 Å². The number of thiophene rings is 1. The highest BCUT2D eigenvalue weighted by Gasteiger charge is 2.17. The summed E-state index contributed by atoms with van der Waals surface area (Å²) in [6.07, 6.45) is 0. The molecule has 0 amide bonds. The SMILES string of the molecule is Cc1cc(Br)c(C(N)c2cc(Br)ccc2Cl)s1. The first-order valence-electron chi connectivity index (χ1n) is 4.95. The molecule has 0 fully saturated rings. The summed E-state index contributed by atoms with van der Waals surface area (Å²) in [5.41, 5.74) is 7.21. The Morgan fingerprint density at radius 3 is 2.59 bits per heavy atom. The molecular formula is C12H10Br2ClNS. The van der Waals surface area contributed by atoms with Crippen molar-refractivity contribution in [3.8, 4) is 0 Å². The van der Waals surface area contributed by atoms with Crippen LogP contribution < -0.4 is 5.73 Å². The Morgan fingerprint density at radius 1 is 1.29 bits per heavy atom. The summed E-state index contributed by atoms with van der Waals surface area (Å²) in [4.78, 5) is 2.33. The molecule has 90 valence electrons. The number of halogens is 3. The zero-order valence-corrected chi connectivity index (χ0v) is 13.8. The van der Waals surface area contributed by atoms with Gasteiger partial charge >= 0.3 is 0 Å². The van der Waals surface area contributed by atoms with Crippen molar-refractivity contribution in [3.05, 3.63) is 53.6 Å². The molecule has 0 aliphatic carbocycles. The van der Waals surface area contributed by atoms with Crippen LogP contribution in [0.1, 0.15) is 21.4 Å². The molecule has 0 radical (unpaired) electrons. The van der Waals surface area contributed by atoms with E-state index in [9.17, 15) is 0 Å². The van der Waals surface area contributed by atoms with E-state index in [0.717, 1.165) is 19.4 Å². The van der Waals surface area contributed by atoms with Crippen molar-refractivity contribution in [3.63, 3.8) is 0 Å². The van der Waals surface area contributed by atoms with Gasteiger partial charge < -0.3 is 5.73 Å². The third-order valence-electron chi connectivity index (χ3n) is 2.41. The first-order valence-corrected chi connectivity index (χ1v) is 7.73. The Bertz CT molecular complexity index is 553. The van der Waals surface area contributed by atoms with E-state index in [4.69, 9.17) is 17.3 Å². The van der Waals surface area contributed by atoms with Crippen LogP contribution in [0.3, 0.4) is 0 Å². The smallest absolute Gasteiger partial charge is 0.0672 e. The second-order valence-electron chi connectivity index (χ2n) is 3.71. The van der Waals surface area contributed by atoms with Gasteiger partial charge in [-0.15, -0.1) is 11.3 Å². The first-order chi connectivity index (χ1) is 7.99. The molecule has 2 N–H and O–H groups in total. The van der Waals surface area contributed by atoms with E-state index in [2.05, 4.69) is 44.8 Å². The van der Waals surface area contributed by atoms with E-state index in [1.807, 2.05) is 18.2 Å². The number of hydrogen-bond acceptors (Lipinski definition) is 2. The first kappa shape index (κ1) is 13.6. The average Bonchev–Trinajstić information content (AvgIpc) is 2.60. The number of rotatable bonds is 2. The van der Waals surface area contributed by atoms with E-state index < -0.39 is 0 Å². The maximum absolute atomic E-state index is 6.28. The predicted octanol–water partition coefficient (Wildman–Crippen LogP) is 5.28. The highest BCUT2D eigenvalue weighted by atomic mass is 79.9. The van der Waals surface area contributed by atoms with Crippen LogP contribution in [-0.4, -0.2) is 0 Å². The van der Waals surface area contributed by atoms with Crippen LogP contribution in [-0.2, 0) is 0 Å². The minimum Gasteiger partial charge on any atom is -0.320 e. The van der Waals surface area contributed by atoms with Gasteiger partial charge in [0.1, 0.15) is 0 Å². The molecule has 0 aliphatic heterocycles. The van der Waals surface area contributed by atoms with Gasteiger partial charge in [-0.05, 0) is 52.7 Å². The number of aryl methyl sites for hydroxylation is 1. The standard InChI is InChI=1S/C12H10Br2ClNS/c1-6-4-9(14)12(17-6)11(16)8-5-7(13)2-3-10(8)15/h2-5,11H,16H2,1H3. The molecule has 2 aromatic rings. The largest absolute Gasteiger partial charge is 0.320 e. The van der Waals surface area contributed by atoms with E-state index in [0.29, 0.717) is 5.02 Å². The fourth-order valence-electron chi connectivity index (χ4n) is 1.61. The van der Waals surface area contributed by atoms with Gasteiger partial charge in [0, 0.05) is 23.7 Å². The van der Waals surface area contributed by atoms with Crippen LogP contribution >= 0.6 is 54.8 Å². The van der Waals surface area contributed by atoms with E-state index >= 15 is 0 Å². The van der Waals surface area contributed by atoms with Crippen LogP contribution in [0.25, 0.3) is 0 Å². The van der Waals surface area contributed by atoms with Crippen molar-refractivity contribution in [2.24, 2.45) is 5.73 Å². The molecule has 1 atom stereocenters. The van der Waals surface area contributed by atoms with Crippen molar-refractivity contribution < 1.29 is 0 Å². The molecule has 1 nitrogen and oxygen atoms in total. The summed E-state index contributed by atoms with van der Waals surface area (Å²) < 4.78 is 2.03. The van der Waals surface area contributed by atoms with Crippen molar-refractivity contribution in [1.29, 1.82) is 0 Å². The lowest BCUT2D eigenvalue weighted by atomic mass is 10.1. The molecule has 0 bridgehead atoms. The molecule has 0 saturated carbocycles. The van der Waals surface area contributed by atoms with Gasteiger partial charge in [0.05, 0.1) is 6.04 Å². The Hall–Kier alpha value is 0.130. The lowest BCUT2D eigenvalue weighted by Crippen LogP contribution is -2.11. The molecule has 1 aromatic heterocycles. The van der Waals surface area contributed by atoms with E-state index in [1.54, 1.807) is 11.3 Å². The fraction of sp³-hybridized carbons (Fsp3) is 0.167. The van der Waals surface area contributed by atoms with Crippen LogP contribution in [0.2, 0.25) is 5.02 Å². The van der Waals surface area contributed by atoms with Gasteiger partial charge in [-0.2, -0.15) is 0 Å². The normalized spacial score (nSPS) is 12.8. The number of nitrogens with two attached hydrogens (primary N) is 1. The molecule has 5 heteroatoms. The second kappa shape index (κ2) is 5.41. The summed E-state index contributed by atoms with van der Waals surface area (Å²) in [6.45, 7) is 2.06. The van der Waals surface area contributed by atoms with Gasteiger partial charge in [0.15, 0.2) is 0 Å². The Morgan fingerprint density at radius 2 is 2.00 bits per heavy atom. The zero-order valence-electron chi connectivity index (χ0n) is 9.01. The second-order valence-corrected chi connectivity index (χ2v) is 7.18. The van der Waals surface area contributed by atoms with Crippen molar-refractivity contribution in [1.82, 2.24) is 0 Å². The van der Waals surface area contributed by atoms with Gasteiger partial charge in [0.2, 0.25) is 0 Å². The summed E-state index contributed by atoms with van der Waals surface area (Å²) in [7, 11) is 0. The number of benzene rings is 1. The lowest BCUT2D eigenvalue weighted by Gasteiger charge is -2.13. The van der Waals surface area contributed by atoms with Crippen LogP contribution in [0.5, 0.6) is 0 Å². The van der Waals surface area contributed by atoms with Crippen LogP contribution in [0, 0.1) is 6.92 Å². The third kappa shape index (κ3) is 2.93. The maximum Gasteiger partial charge on any atom is 0.0672 e. The third-order valence-corrected chi connectivity index (χ3v) is 5.30. The highest BCUT2D eigenvalue weighted by molar-refractivity contribution is 9.10. The van der Waals surface area contributed by atoms with Gasteiger partial charge in [-0.3, -0.25) is 0 Å². The van der Waals surface area contributed by atoms with E-state index in [1.165, 1.54) is 4.88 Å². The quantitative estimate of drug-likeness (QED) is 0.735. The molecule has 2 rings (SSSR count). The average molecular weight is 396 g/mol. The predicted molar refractivity (Wildman–Crippen MR) is 81.9 cm³/mol. The molecule has 17 heavy (non-hydrogen) atoms. The Balaban J connectivity index is 2.46. The molecule has 0 spiro atoms. The fourth-order valence-corrected chi connectivity index (χ4v) is 4.14. The van der Waals surface area contributed by atoms with Crippen molar-refractivity contribution >= 4 is 54.8 Å². The Kier molecular flexibility index (Phi) is 4.31. The summed E-state index contributed by atoms with van der Waals surface area (Å²) >= 11 is 14.8. The maximum atomic E-state index is 6.28. The van der Waals surface area contributed by atoms with Gasteiger partial charge in [-0.25, -0.2) is 0 Å². The molecule has 0 saturated heterocycles. The molecule has 1 aromatic carbocycles. The summed E-state index contributed by atoms with van der Waals surface area (Å²) in [5, 5.41) is 0.693. The van der Waals surface area contributed by atoms with Gasteiger partial charge in [-0.1, -0.05) is 27.5 Å². The molecular weight excluding hydrogens is 385 g/mol. The molecule has 1 unspecified atom stereocenters. The monoisotopic (exact) mass is 393 g/mol.